The highest BCUT2D eigenvalue weighted by atomic mass is 35.5. The molecule has 0 unspecified atom stereocenters. The summed E-state index contributed by atoms with van der Waals surface area (Å²) >= 11 is 5.65. The maximum Gasteiger partial charge on any atom is 0.322 e. The van der Waals surface area contributed by atoms with Crippen molar-refractivity contribution in [3.63, 3.8) is 0 Å². The summed E-state index contributed by atoms with van der Waals surface area (Å²) in [5, 5.41) is 9.45. The maximum absolute atomic E-state index is 13.8. The first-order valence-electron chi connectivity index (χ1n) is 6.94. The van der Waals surface area contributed by atoms with E-state index in [4.69, 9.17) is 11.6 Å². The summed E-state index contributed by atoms with van der Waals surface area (Å²) in [5.74, 6) is -2.52. The quantitative estimate of drug-likeness (QED) is 0.854. The molecule has 23 heavy (non-hydrogen) atoms. The molecule has 1 heterocycles. The lowest BCUT2D eigenvalue weighted by Gasteiger charge is -2.22. The summed E-state index contributed by atoms with van der Waals surface area (Å²) < 4.78 is 39.9. The molecule has 0 bridgehead atoms. The molecule has 6 nitrogen and oxygen atoms in total. The average Bonchev–Trinajstić information content (AvgIpc) is 2.88. The van der Waals surface area contributed by atoms with Crippen LogP contribution in [0.5, 0.6) is 0 Å². The predicted molar refractivity (Wildman–Crippen MR) is 84.3 cm³/mol. The van der Waals surface area contributed by atoms with Crippen molar-refractivity contribution in [1.82, 2.24) is 9.21 Å². The number of carboxylic acid groups (broad SMARTS) is 1. The molecule has 128 valence electrons. The Balaban J connectivity index is 2.28. The van der Waals surface area contributed by atoms with E-state index >= 15 is 0 Å². The van der Waals surface area contributed by atoms with Gasteiger partial charge in [-0.1, -0.05) is 17.7 Å². The zero-order chi connectivity index (χ0) is 17.4. The second-order valence-corrected chi connectivity index (χ2v) is 8.13. The minimum Gasteiger partial charge on any atom is -0.480 e. The van der Waals surface area contributed by atoms with Gasteiger partial charge in [0.05, 0.1) is 5.75 Å². The van der Waals surface area contributed by atoms with Gasteiger partial charge < -0.3 is 10.0 Å². The largest absolute Gasteiger partial charge is 0.480 e. The number of benzene rings is 1. The Morgan fingerprint density at radius 2 is 2.13 bits per heavy atom. The summed E-state index contributed by atoms with van der Waals surface area (Å²) in [7, 11) is -0.441. The fourth-order valence-corrected chi connectivity index (χ4v) is 4.52. The van der Waals surface area contributed by atoms with E-state index in [0.717, 1.165) is 10.4 Å². The SMILES string of the molecule is CN(C)[C@@H]1C[C@@H](C(=O)O)N(S(=O)(=O)Cc2ccc(Cl)cc2F)C1. The molecule has 1 fully saturated rings. The zero-order valence-corrected chi connectivity index (χ0v) is 14.3. The number of hydrogen-bond donors (Lipinski definition) is 1. The van der Waals surface area contributed by atoms with E-state index in [-0.39, 0.29) is 29.6 Å². The Bertz CT molecular complexity index is 711. The van der Waals surface area contributed by atoms with E-state index < -0.39 is 33.6 Å². The molecule has 1 aliphatic rings. The van der Waals surface area contributed by atoms with E-state index in [1.54, 1.807) is 19.0 Å². The predicted octanol–water partition coefficient (Wildman–Crippen LogP) is 1.40. The molecule has 1 aromatic rings. The van der Waals surface area contributed by atoms with Crippen LogP contribution >= 0.6 is 11.6 Å². The van der Waals surface area contributed by atoms with Crippen molar-refractivity contribution in [2.24, 2.45) is 0 Å². The molecule has 2 atom stereocenters. The molecule has 0 aliphatic carbocycles. The van der Waals surface area contributed by atoms with Crippen LogP contribution in [-0.4, -0.2) is 61.4 Å². The molecule has 2 rings (SSSR count). The molecule has 0 radical (unpaired) electrons. The third-order valence-corrected chi connectivity index (χ3v) is 5.99. The highest BCUT2D eigenvalue weighted by Gasteiger charge is 2.44. The molecule has 0 aromatic heterocycles. The van der Waals surface area contributed by atoms with Gasteiger partial charge in [0, 0.05) is 23.2 Å². The third kappa shape index (κ3) is 4.00. The van der Waals surface area contributed by atoms with E-state index in [1.165, 1.54) is 12.1 Å². The Kier molecular flexibility index (Phi) is 5.30. The number of carboxylic acids is 1. The van der Waals surface area contributed by atoms with Gasteiger partial charge in [-0.25, -0.2) is 12.8 Å². The fraction of sp³-hybridized carbons (Fsp3) is 0.500. The second-order valence-electron chi connectivity index (χ2n) is 5.77. The molecule has 1 N–H and O–H groups in total. The van der Waals surface area contributed by atoms with Crippen molar-refractivity contribution in [2.75, 3.05) is 20.6 Å². The van der Waals surface area contributed by atoms with Crippen molar-refractivity contribution >= 4 is 27.6 Å². The van der Waals surface area contributed by atoms with Crippen molar-refractivity contribution in [1.29, 1.82) is 0 Å². The van der Waals surface area contributed by atoms with Crippen molar-refractivity contribution in [3.05, 3.63) is 34.6 Å². The summed E-state index contributed by atoms with van der Waals surface area (Å²) in [6.45, 7) is 0.0709. The molecule has 1 aromatic carbocycles. The van der Waals surface area contributed by atoms with Gasteiger partial charge in [0.2, 0.25) is 10.0 Å². The van der Waals surface area contributed by atoms with Crippen molar-refractivity contribution in [2.45, 2.75) is 24.3 Å². The summed E-state index contributed by atoms with van der Waals surface area (Å²) in [6.07, 6.45) is 0.199. The number of likely N-dealkylation sites (N-methyl/N-ethyl adjacent to an activating group) is 1. The van der Waals surface area contributed by atoms with Crippen LogP contribution in [0.2, 0.25) is 5.02 Å². The first-order valence-corrected chi connectivity index (χ1v) is 8.93. The minimum absolute atomic E-state index is 0.0353. The molecule has 1 aliphatic heterocycles. The van der Waals surface area contributed by atoms with Crippen LogP contribution < -0.4 is 0 Å². The van der Waals surface area contributed by atoms with E-state index in [9.17, 15) is 22.7 Å². The lowest BCUT2D eigenvalue weighted by molar-refractivity contribution is -0.140. The monoisotopic (exact) mass is 364 g/mol. The van der Waals surface area contributed by atoms with Gasteiger partial charge >= 0.3 is 5.97 Å². The number of halogens is 2. The first kappa shape index (κ1) is 18.1. The number of carbonyl (C=O) groups is 1. The summed E-state index contributed by atoms with van der Waals surface area (Å²) in [4.78, 5) is 13.2. The van der Waals surface area contributed by atoms with Crippen LogP contribution in [-0.2, 0) is 20.6 Å². The Labute approximate surface area is 139 Å². The van der Waals surface area contributed by atoms with Gasteiger partial charge in [-0.2, -0.15) is 4.31 Å². The Morgan fingerprint density at radius 3 is 2.65 bits per heavy atom. The van der Waals surface area contributed by atoms with Gasteiger partial charge in [-0.15, -0.1) is 0 Å². The lowest BCUT2D eigenvalue weighted by atomic mass is 10.1. The molecule has 0 spiro atoms. The van der Waals surface area contributed by atoms with E-state index in [1.807, 2.05) is 0 Å². The van der Waals surface area contributed by atoms with Crippen molar-refractivity contribution < 1.29 is 22.7 Å². The topological polar surface area (TPSA) is 77.9 Å². The Hall–Kier alpha value is -1.22. The van der Waals surface area contributed by atoms with Crippen LogP contribution in [0.4, 0.5) is 4.39 Å². The number of rotatable bonds is 5. The van der Waals surface area contributed by atoms with Gasteiger partial charge in [-0.3, -0.25) is 4.79 Å². The smallest absolute Gasteiger partial charge is 0.322 e. The van der Waals surface area contributed by atoms with Gasteiger partial charge in [0.25, 0.3) is 0 Å². The second kappa shape index (κ2) is 6.72. The number of hydrogen-bond acceptors (Lipinski definition) is 4. The van der Waals surface area contributed by atoms with Crippen LogP contribution in [0.3, 0.4) is 0 Å². The summed E-state index contributed by atoms with van der Waals surface area (Å²) in [5.41, 5.74) is -0.0353. The van der Waals surface area contributed by atoms with Crippen LogP contribution in [0.25, 0.3) is 0 Å². The molecule has 9 heteroatoms. The molecule has 1 saturated heterocycles. The van der Waals surface area contributed by atoms with E-state index in [2.05, 4.69) is 0 Å². The normalized spacial score (nSPS) is 22.7. The molecule has 0 amide bonds. The fourth-order valence-electron chi connectivity index (χ4n) is 2.61. The third-order valence-electron chi connectivity index (χ3n) is 3.96. The van der Waals surface area contributed by atoms with Crippen LogP contribution in [0.1, 0.15) is 12.0 Å². The number of aliphatic carboxylic acids is 1. The standard InChI is InChI=1S/C14H18ClFN2O4S/c1-17(2)11-6-13(14(19)20)18(7-11)23(21,22)8-9-3-4-10(15)5-12(9)16/h3-5,11,13H,6-8H2,1-2H3,(H,19,20)/t11-,13+/m1/s1. The summed E-state index contributed by atoms with van der Waals surface area (Å²) in [6, 6.07) is 2.40. The van der Waals surface area contributed by atoms with Gasteiger partial charge in [0.1, 0.15) is 11.9 Å². The van der Waals surface area contributed by atoms with Gasteiger partial charge in [-0.05, 0) is 32.6 Å². The van der Waals surface area contributed by atoms with Crippen LogP contribution in [0.15, 0.2) is 18.2 Å². The van der Waals surface area contributed by atoms with Crippen LogP contribution in [0, 0.1) is 5.82 Å². The van der Waals surface area contributed by atoms with Gasteiger partial charge in [0.15, 0.2) is 0 Å². The highest BCUT2D eigenvalue weighted by Crippen LogP contribution is 2.27. The van der Waals surface area contributed by atoms with E-state index in [0.29, 0.717) is 0 Å². The molecule has 0 saturated carbocycles. The van der Waals surface area contributed by atoms with Crippen molar-refractivity contribution in [3.8, 4) is 0 Å². The average molecular weight is 365 g/mol. The maximum atomic E-state index is 13.8. The zero-order valence-electron chi connectivity index (χ0n) is 12.7. The first-order chi connectivity index (χ1) is 10.6. The molecular formula is C14H18ClFN2O4S. The minimum atomic E-state index is -3.97. The lowest BCUT2D eigenvalue weighted by Crippen LogP contribution is -2.41. The number of nitrogens with zero attached hydrogens (tertiary/aromatic N) is 2. The highest BCUT2D eigenvalue weighted by molar-refractivity contribution is 7.88. The molecular weight excluding hydrogens is 347 g/mol. The number of sulfonamides is 1. The Morgan fingerprint density at radius 1 is 1.48 bits per heavy atom.